The van der Waals surface area contributed by atoms with Gasteiger partial charge in [-0.15, -0.1) is 0 Å². The zero-order chi connectivity index (χ0) is 10.9. The van der Waals surface area contributed by atoms with E-state index in [2.05, 4.69) is 6.92 Å². The van der Waals surface area contributed by atoms with Crippen molar-refractivity contribution in [2.75, 3.05) is 0 Å². The number of aryl methyl sites for hydroxylation is 1. The summed E-state index contributed by atoms with van der Waals surface area (Å²) in [5.41, 5.74) is 5.68. The van der Waals surface area contributed by atoms with Crippen molar-refractivity contribution in [2.24, 2.45) is 0 Å². The molecule has 0 bridgehead atoms. The Hall–Kier alpha value is -0.880. The van der Waals surface area contributed by atoms with E-state index in [1.165, 1.54) is 16.7 Å². The Labute approximate surface area is 94.3 Å². The van der Waals surface area contributed by atoms with E-state index in [0.717, 1.165) is 11.1 Å². The van der Waals surface area contributed by atoms with Crippen LogP contribution in [0.2, 0.25) is 0 Å². The Morgan fingerprint density at radius 2 is 1.67 bits per heavy atom. The minimum Gasteiger partial charge on any atom is -0.481 e. The molecule has 0 spiro atoms. The van der Waals surface area contributed by atoms with E-state index >= 15 is 0 Å². The summed E-state index contributed by atoms with van der Waals surface area (Å²) < 4.78 is 0. The van der Waals surface area contributed by atoms with E-state index in [4.69, 9.17) is 5.11 Å². The maximum atomic E-state index is 10.6. The van der Waals surface area contributed by atoms with Crippen molar-refractivity contribution in [3.05, 3.63) is 33.9 Å². The highest BCUT2D eigenvalue weighted by Crippen LogP contribution is 2.21. The number of aliphatic carboxylic acids is 1. The van der Waals surface area contributed by atoms with Crippen LogP contribution in [0.4, 0.5) is 0 Å². The molecule has 1 aromatic carbocycles. The highest BCUT2D eigenvalue weighted by molar-refractivity contribution is 6.92. The van der Waals surface area contributed by atoms with Gasteiger partial charge in [-0.3, -0.25) is 4.79 Å². The van der Waals surface area contributed by atoms with Crippen molar-refractivity contribution in [2.45, 2.75) is 34.1 Å². The molecule has 1 N–H and O–H groups in total. The molecule has 1 aromatic rings. The van der Waals surface area contributed by atoms with Gasteiger partial charge in [-0.25, -0.2) is 0 Å². The lowest BCUT2D eigenvalue weighted by Gasteiger charge is -2.12. The first-order valence-corrected chi connectivity index (χ1v) is 4.71. The molecule has 0 aliphatic carbocycles. The Bertz CT molecular complexity index is 384. The van der Waals surface area contributed by atoms with E-state index in [1.54, 1.807) is 0 Å². The first-order chi connectivity index (χ1) is 6.43. The Morgan fingerprint density at radius 3 is 2.13 bits per heavy atom. The lowest BCUT2D eigenvalue weighted by Crippen LogP contribution is -2.05. The monoisotopic (exact) mass is 226 g/mol. The van der Waals surface area contributed by atoms with Crippen LogP contribution >= 0.6 is 9.90 Å². The second-order valence-corrected chi connectivity index (χ2v) is 3.80. The van der Waals surface area contributed by atoms with Crippen LogP contribution in [0.1, 0.15) is 27.8 Å². The van der Waals surface area contributed by atoms with Crippen molar-refractivity contribution in [3.8, 4) is 0 Å². The Morgan fingerprint density at radius 1 is 1.13 bits per heavy atom. The third kappa shape index (κ3) is 3.04. The standard InChI is InChI=1S/C12H16O2.H3P/c1-7-5-11(6-12(13)14)10(4)9(3)8(7)2;/h5H,6H2,1-4H3,(H,13,14);1H3. The average Bonchev–Trinajstić information content (AvgIpc) is 2.10. The van der Waals surface area contributed by atoms with Crippen LogP contribution in [-0.2, 0) is 11.2 Å². The van der Waals surface area contributed by atoms with Gasteiger partial charge in [0, 0.05) is 0 Å². The molecule has 0 saturated heterocycles. The van der Waals surface area contributed by atoms with Crippen LogP contribution in [0.15, 0.2) is 6.07 Å². The minimum absolute atomic E-state index is 0. The average molecular weight is 226 g/mol. The number of benzene rings is 1. The summed E-state index contributed by atoms with van der Waals surface area (Å²) in [6.07, 6.45) is 0.119. The van der Waals surface area contributed by atoms with E-state index in [1.807, 2.05) is 26.8 Å². The molecule has 0 aromatic heterocycles. The van der Waals surface area contributed by atoms with Crippen molar-refractivity contribution >= 4 is 15.9 Å². The quantitative estimate of drug-likeness (QED) is 0.787. The maximum Gasteiger partial charge on any atom is 0.307 e. The van der Waals surface area contributed by atoms with E-state index in [9.17, 15) is 4.79 Å². The smallest absolute Gasteiger partial charge is 0.307 e. The molecule has 0 amide bonds. The van der Waals surface area contributed by atoms with Gasteiger partial charge in [0.2, 0.25) is 0 Å². The zero-order valence-corrected chi connectivity index (χ0v) is 11.3. The Kier molecular flexibility index (Phi) is 4.96. The topological polar surface area (TPSA) is 37.3 Å². The van der Waals surface area contributed by atoms with Gasteiger partial charge in [-0.2, -0.15) is 9.90 Å². The fourth-order valence-electron chi connectivity index (χ4n) is 1.64. The first-order valence-electron chi connectivity index (χ1n) is 4.71. The predicted molar refractivity (Wildman–Crippen MR) is 67.8 cm³/mol. The van der Waals surface area contributed by atoms with Gasteiger partial charge in [-0.1, -0.05) is 6.07 Å². The predicted octanol–water partition coefficient (Wildman–Crippen LogP) is 2.61. The minimum atomic E-state index is -0.768. The molecule has 0 heterocycles. The molecule has 2 nitrogen and oxygen atoms in total. The second kappa shape index (κ2) is 5.27. The largest absolute Gasteiger partial charge is 0.481 e. The summed E-state index contributed by atoms with van der Waals surface area (Å²) in [6.45, 7) is 8.12. The lowest BCUT2D eigenvalue weighted by atomic mass is 9.93. The summed E-state index contributed by atoms with van der Waals surface area (Å²) in [5, 5.41) is 8.74. The van der Waals surface area contributed by atoms with Crippen molar-refractivity contribution in [3.63, 3.8) is 0 Å². The summed E-state index contributed by atoms with van der Waals surface area (Å²) >= 11 is 0. The summed E-state index contributed by atoms with van der Waals surface area (Å²) in [5.74, 6) is -0.768. The fraction of sp³-hybridized carbons (Fsp3) is 0.417. The summed E-state index contributed by atoms with van der Waals surface area (Å²) in [4.78, 5) is 10.6. The molecule has 0 aliphatic rings. The highest BCUT2D eigenvalue weighted by atomic mass is 31.0. The number of rotatable bonds is 2. The van der Waals surface area contributed by atoms with Crippen LogP contribution in [0.25, 0.3) is 0 Å². The van der Waals surface area contributed by atoms with Gasteiger partial charge in [-0.05, 0) is 55.5 Å². The zero-order valence-electron chi connectivity index (χ0n) is 9.85. The van der Waals surface area contributed by atoms with E-state index in [0.29, 0.717) is 0 Å². The number of carbonyl (C=O) groups is 1. The highest BCUT2D eigenvalue weighted by Gasteiger charge is 2.09. The van der Waals surface area contributed by atoms with E-state index in [-0.39, 0.29) is 16.3 Å². The van der Waals surface area contributed by atoms with E-state index < -0.39 is 5.97 Å². The van der Waals surface area contributed by atoms with Crippen molar-refractivity contribution in [1.82, 2.24) is 0 Å². The molecule has 1 rings (SSSR count). The molecule has 3 heteroatoms. The number of carboxylic acids is 1. The van der Waals surface area contributed by atoms with Gasteiger partial charge in [0.05, 0.1) is 6.42 Å². The van der Waals surface area contributed by atoms with Gasteiger partial charge in [0.1, 0.15) is 0 Å². The molecule has 0 aliphatic heterocycles. The molecule has 0 fully saturated rings. The third-order valence-electron chi connectivity index (χ3n) is 2.93. The SMILES string of the molecule is Cc1cc(CC(=O)O)c(C)c(C)c1C.P. The Balaban J connectivity index is 0.00000196. The number of hydrogen-bond acceptors (Lipinski definition) is 1. The van der Waals surface area contributed by atoms with Crippen LogP contribution in [0.3, 0.4) is 0 Å². The third-order valence-corrected chi connectivity index (χ3v) is 2.93. The number of carboxylic acid groups (broad SMARTS) is 1. The van der Waals surface area contributed by atoms with Gasteiger partial charge >= 0.3 is 5.97 Å². The van der Waals surface area contributed by atoms with Crippen molar-refractivity contribution in [1.29, 1.82) is 0 Å². The lowest BCUT2D eigenvalue weighted by molar-refractivity contribution is -0.136. The van der Waals surface area contributed by atoms with Crippen LogP contribution in [-0.4, -0.2) is 11.1 Å². The maximum absolute atomic E-state index is 10.6. The molecule has 0 saturated carbocycles. The molecule has 0 radical (unpaired) electrons. The molecular formula is C12H19O2P. The van der Waals surface area contributed by atoms with Crippen molar-refractivity contribution < 1.29 is 9.90 Å². The molecular weight excluding hydrogens is 207 g/mol. The normalized spacial score (nSPS) is 9.60. The first kappa shape index (κ1) is 14.1. The molecule has 84 valence electrons. The second-order valence-electron chi connectivity index (χ2n) is 3.80. The van der Waals surface area contributed by atoms with Crippen LogP contribution in [0, 0.1) is 27.7 Å². The summed E-state index contributed by atoms with van der Waals surface area (Å²) in [7, 11) is 0. The summed E-state index contributed by atoms with van der Waals surface area (Å²) in [6, 6.07) is 1.98. The van der Waals surface area contributed by atoms with Crippen LogP contribution < -0.4 is 0 Å². The van der Waals surface area contributed by atoms with Gasteiger partial charge in [0.15, 0.2) is 0 Å². The van der Waals surface area contributed by atoms with Gasteiger partial charge < -0.3 is 5.11 Å². The molecule has 15 heavy (non-hydrogen) atoms. The molecule has 1 unspecified atom stereocenters. The number of hydrogen-bond donors (Lipinski definition) is 1. The molecule has 1 atom stereocenters. The van der Waals surface area contributed by atoms with Crippen LogP contribution in [0.5, 0.6) is 0 Å². The fourth-order valence-corrected chi connectivity index (χ4v) is 1.64. The van der Waals surface area contributed by atoms with Gasteiger partial charge in [0.25, 0.3) is 0 Å².